The average Bonchev–Trinajstić information content (AvgIpc) is 2.43. The van der Waals surface area contributed by atoms with E-state index in [9.17, 15) is 0 Å². The van der Waals surface area contributed by atoms with E-state index in [1.165, 1.54) is 28.5 Å². The lowest BCUT2D eigenvalue weighted by atomic mass is 10.1. The lowest BCUT2D eigenvalue weighted by Crippen LogP contribution is -2.23. The minimum absolute atomic E-state index is 0.609. The third-order valence-corrected chi connectivity index (χ3v) is 4.29. The predicted molar refractivity (Wildman–Crippen MR) is 87.0 cm³/mol. The number of fused-ring (bicyclic) bond motifs is 1. The van der Waals surface area contributed by atoms with E-state index in [4.69, 9.17) is 0 Å². The van der Waals surface area contributed by atoms with E-state index in [-0.39, 0.29) is 0 Å². The van der Waals surface area contributed by atoms with E-state index in [2.05, 4.69) is 61.6 Å². The minimum atomic E-state index is 0.609. The summed E-state index contributed by atoms with van der Waals surface area (Å²) in [5.74, 6) is 0. The molecule has 2 heteroatoms. The quantitative estimate of drug-likeness (QED) is 0.579. The van der Waals surface area contributed by atoms with Crippen molar-refractivity contribution in [2.24, 2.45) is 0 Å². The van der Waals surface area contributed by atoms with Crippen LogP contribution in [0.15, 0.2) is 47.4 Å². The Kier molecular flexibility index (Phi) is 5.74. The van der Waals surface area contributed by atoms with Crippen molar-refractivity contribution >= 4 is 22.5 Å². The second-order valence-electron chi connectivity index (χ2n) is 5.00. The lowest BCUT2D eigenvalue weighted by Gasteiger charge is -2.12. The molecule has 0 radical (unpaired) electrons. The number of hydrogen-bond acceptors (Lipinski definition) is 2. The molecule has 0 aliphatic heterocycles. The predicted octanol–water partition coefficient (Wildman–Crippen LogP) is 4.71. The van der Waals surface area contributed by atoms with Gasteiger partial charge in [-0.15, -0.1) is 11.8 Å². The largest absolute Gasteiger partial charge is 0.316 e. The van der Waals surface area contributed by atoms with E-state index in [0.717, 1.165) is 13.1 Å². The van der Waals surface area contributed by atoms with Crippen LogP contribution < -0.4 is 5.32 Å². The molecule has 0 bridgehead atoms. The number of benzene rings is 2. The van der Waals surface area contributed by atoms with Crippen LogP contribution >= 0.6 is 11.8 Å². The molecule has 1 atom stereocenters. The molecular weight excluding hydrogens is 250 g/mol. The molecule has 0 amide bonds. The molecule has 0 aliphatic rings. The molecule has 0 fully saturated rings. The molecule has 0 heterocycles. The fourth-order valence-corrected chi connectivity index (χ4v) is 3.13. The highest BCUT2D eigenvalue weighted by atomic mass is 32.2. The Bertz CT molecular complexity index is 509. The normalized spacial score (nSPS) is 12.7. The molecule has 0 aromatic heterocycles. The van der Waals surface area contributed by atoms with Gasteiger partial charge in [0.2, 0.25) is 0 Å². The van der Waals surface area contributed by atoms with Gasteiger partial charge in [-0.1, -0.05) is 50.6 Å². The van der Waals surface area contributed by atoms with E-state index in [1.54, 1.807) is 0 Å². The maximum Gasteiger partial charge on any atom is 0.0191 e. The second kappa shape index (κ2) is 7.56. The minimum Gasteiger partial charge on any atom is -0.316 e. The van der Waals surface area contributed by atoms with Crippen LogP contribution in [0.25, 0.3) is 10.8 Å². The summed E-state index contributed by atoms with van der Waals surface area (Å²) >= 11 is 1.95. The van der Waals surface area contributed by atoms with Crippen LogP contribution in [0.2, 0.25) is 0 Å². The van der Waals surface area contributed by atoms with Crippen LogP contribution in [0, 0.1) is 0 Å². The van der Waals surface area contributed by atoms with Crippen LogP contribution in [-0.2, 0) is 0 Å². The Labute approximate surface area is 120 Å². The highest BCUT2D eigenvalue weighted by molar-refractivity contribution is 8.00. The average molecular weight is 273 g/mol. The zero-order valence-corrected chi connectivity index (χ0v) is 12.7. The van der Waals surface area contributed by atoms with Gasteiger partial charge in [-0.05, 0) is 35.9 Å². The maximum atomic E-state index is 3.52. The van der Waals surface area contributed by atoms with Crippen molar-refractivity contribution < 1.29 is 0 Å². The van der Waals surface area contributed by atoms with Gasteiger partial charge >= 0.3 is 0 Å². The molecule has 1 unspecified atom stereocenters. The van der Waals surface area contributed by atoms with E-state index in [0.29, 0.717) is 5.25 Å². The van der Waals surface area contributed by atoms with E-state index >= 15 is 0 Å². The first-order valence-corrected chi connectivity index (χ1v) is 8.03. The number of unbranched alkanes of at least 4 members (excludes halogenated alkanes) is 1. The summed E-state index contributed by atoms with van der Waals surface area (Å²) in [6, 6.07) is 15.3. The lowest BCUT2D eigenvalue weighted by molar-refractivity contribution is 0.638. The summed E-state index contributed by atoms with van der Waals surface area (Å²) < 4.78 is 0. The summed E-state index contributed by atoms with van der Waals surface area (Å²) in [6.45, 7) is 6.74. The SMILES string of the molecule is CCCCNCC(C)Sc1ccc2ccccc2c1. The van der Waals surface area contributed by atoms with Gasteiger partial charge < -0.3 is 5.32 Å². The van der Waals surface area contributed by atoms with Crippen molar-refractivity contribution in [1.82, 2.24) is 5.32 Å². The number of nitrogens with one attached hydrogen (secondary N) is 1. The fourth-order valence-electron chi connectivity index (χ4n) is 2.12. The molecular formula is C17H23NS. The summed E-state index contributed by atoms with van der Waals surface area (Å²) in [6.07, 6.45) is 2.53. The highest BCUT2D eigenvalue weighted by Gasteiger charge is 2.04. The summed E-state index contributed by atoms with van der Waals surface area (Å²) in [7, 11) is 0. The number of thioether (sulfide) groups is 1. The zero-order valence-electron chi connectivity index (χ0n) is 11.9. The van der Waals surface area contributed by atoms with Crippen molar-refractivity contribution in [3.8, 4) is 0 Å². The van der Waals surface area contributed by atoms with Gasteiger partial charge in [-0.3, -0.25) is 0 Å². The van der Waals surface area contributed by atoms with Crippen LogP contribution in [0.3, 0.4) is 0 Å². The molecule has 2 rings (SSSR count). The first-order chi connectivity index (χ1) is 9.29. The molecule has 0 saturated carbocycles. The standard InChI is InChI=1S/C17H23NS/c1-3-4-11-18-13-14(2)19-17-10-9-15-7-5-6-8-16(15)12-17/h5-10,12,14,18H,3-4,11,13H2,1-2H3. The van der Waals surface area contributed by atoms with Crippen LogP contribution in [0.1, 0.15) is 26.7 Å². The van der Waals surface area contributed by atoms with E-state index in [1.807, 2.05) is 11.8 Å². The van der Waals surface area contributed by atoms with Crippen LogP contribution in [0.5, 0.6) is 0 Å². The first-order valence-electron chi connectivity index (χ1n) is 7.16. The fraction of sp³-hybridized carbons (Fsp3) is 0.412. The van der Waals surface area contributed by atoms with Crippen molar-refractivity contribution in [2.75, 3.05) is 13.1 Å². The van der Waals surface area contributed by atoms with Crippen LogP contribution in [-0.4, -0.2) is 18.3 Å². The first kappa shape index (κ1) is 14.4. The maximum absolute atomic E-state index is 3.52. The van der Waals surface area contributed by atoms with Gasteiger partial charge in [0.05, 0.1) is 0 Å². The molecule has 102 valence electrons. The summed E-state index contributed by atoms with van der Waals surface area (Å²) in [4.78, 5) is 1.36. The molecule has 0 saturated heterocycles. The van der Waals surface area contributed by atoms with Crippen molar-refractivity contribution in [3.05, 3.63) is 42.5 Å². The topological polar surface area (TPSA) is 12.0 Å². The monoisotopic (exact) mass is 273 g/mol. The third-order valence-electron chi connectivity index (χ3n) is 3.20. The zero-order chi connectivity index (χ0) is 13.5. The van der Waals surface area contributed by atoms with E-state index < -0.39 is 0 Å². The highest BCUT2D eigenvalue weighted by Crippen LogP contribution is 2.26. The Morgan fingerprint density at radius 1 is 1.11 bits per heavy atom. The Hall–Kier alpha value is -0.990. The summed E-state index contributed by atoms with van der Waals surface area (Å²) in [5.41, 5.74) is 0. The number of hydrogen-bond donors (Lipinski definition) is 1. The van der Waals surface area contributed by atoms with Crippen LogP contribution in [0.4, 0.5) is 0 Å². The molecule has 0 aliphatic carbocycles. The van der Waals surface area contributed by atoms with Gasteiger partial charge in [0.15, 0.2) is 0 Å². The molecule has 2 aromatic rings. The van der Waals surface area contributed by atoms with Gasteiger partial charge in [0.25, 0.3) is 0 Å². The molecule has 2 aromatic carbocycles. The Balaban J connectivity index is 1.89. The van der Waals surface area contributed by atoms with Gasteiger partial charge in [-0.25, -0.2) is 0 Å². The summed E-state index contributed by atoms with van der Waals surface area (Å²) in [5, 5.41) is 6.78. The van der Waals surface area contributed by atoms with Gasteiger partial charge in [0, 0.05) is 16.7 Å². The molecule has 1 nitrogen and oxygen atoms in total. The number of rotatable bonds is 7. The molecule has 1 N–H and O–H groups in total. The second-order valence-corrected chi connectivity index (χ2v) is 6.51. The molecule has 0 spiro atoms. The van der Waals surface area contributed by atoms with Crippen molar-refractivity contribution in [2.45, 2.75) is 36.8 Å². The smallest absolute Gasteiger partial charge is 0.0191 e. The van der Waals surface area contributed by atoms with Crippen molar-refractivity contribution in [1.29, 1.82) is 0 Å². The Morgan fingerprint density at radius 3 is 2.68 bits per heavy atom. The molecule has 19 heavy (non-hydrogen) atoms. The van der Waals surface area contributed by atoms with Gasteiger partial charge in [-0.2, -0.15) is 0 Å². The Morgan fingerprint density at radius 2 is 1.89 bits per heavy atom. The van der Waals surface area contributed by atoms with Crippen molar-refractivity contribution in [3.63, 3.8) is 0 Å². The third kappa shape index (κ3) is 4.55. The van der Waals surface area contributed by atoms with Gasteiger partial charge in [0.1, 0.15) is 0 Å².